The molecule has 0 spiro atoms. The van der Waals surface area contributed by atoms with Crippen molar-refractivity contribution in [3.05, 3.63) is 111 Å². The minimum absolute atomic E-state index is 0.172. The topological polar surface area (TPSA) is 79.4 Å². The highest BCUT2D eigenvalue weighted by atomic mass is 35.5. The molecule has 6 nitrogen and oxygen atoms in total. The monoisotopic (exact) mass is 543 g/mol. The summed E-state index contributed by atoms with van der Waals surface area (Å²) in [5.41, 5.74) is 3.83. The van der Waals surface area contributed by atoms with Crippen LogP contribution < -0.4 is 5.32 Å². The lowest BCUT2D eigenvalue weighted by molar-refractivity contribution is 0.610. The van der Waals surface area contributed by atoms with E-state index in [2.05, 4.69) is 26.7 Å². The lowest BCUT2D eigenvalue weighted by Gasteiger charge is -2.17. The van der Waals surface area contributed by atoms with E-state index in [1.54, 1.807) is 41.2 Å². The van der Waals surface area contributed by atoms with Crippen molar-refractivity contribution in [3.63, 3.8) is 0 Å². The molecule has 1 atom stereocenters. The molecule has 188 valence electrons. The molecule has 2 heterocycles. The Kier molecular flexibility index (Phi) is 6.12. The smallest absolute Gasteiger partial charge is 0.123 e. The summed E-state index contributed by atoms with van der Waals surface area (Å²) in [6.45, 7) is 0. The number of halogens is 3. The van der Waals surface area contributed by atoms with E-state index in [4.69, 9.17) is 23.2 Å². The molecule has 38 heavy (non-hydrogen) atoms. The third kappa shape index (κ3) is 4.93. The van der Waals surface area contributed by atoms with Gasteiger partial charge in [0.2, 0.25) is 0 Å². The predicted octanol–water partition coefficient (Wildman–Crippen LogP) is 7.60. The fraction of sp³-hybridized carbons (Fsp3) is 0.172. The highest BCUT2D eigenvalue weighted by molar-refractivity contribution is 6.35. The molecule has 3 aromatic carbocycles. The number of hydrogen-bond donors (Lipinski definition) is 1. The van der Waals surface area contributed by atoms with Gasteiger partial charge in [-0.25, -0.2) is 9.07 Å². The van der Waals surface area contributed by atoms with Crippen LogP contribution in [0.25, 0.3) is 10.9 Å². The van der Waals surface area contributed by atoms with Gasteiger partial charge < -0.3 is 5.32 Å². The summed E-state index contributed by atoms with van der Waals surface area (Å²) in [6.07, 6.45) is 5.51. The van der Waals surface area contributed by atoms with Crippen LogP contribution in [0.4, 0.5) is 15.8 Å². The largest absolute Gasteiger partial charge is 0.354 e. The lowest BCUT2D eigenvalue weighted by Crippen LogP contribution is -2.07. The number of aromatic nitrogens is 4. The third-order valence-electron chi connectivity index (χ3n) is 6.51. The van der Waals surface area contributed by atoms with Gasteiger partial charge in [0.1, 0.15) is 11.9 Å². The maximum Gasteiger partial charge on any atom is 0.123 e. The molecule has 9 heteroatoms. The molecule has 0 saturated heterocycles. The van der Waals surface area contributed by atoms with E-state index in [1.165, 1.54) is 18.3 Å². The van der Waals surface area contributed by atoms with Crippen molar-refractivity contribution in [2.75, 3.05) is 5.32 Å². The van der Waals surface area contributed by atoms with E-state index in [0.717, 1.165) is 18.4 Å². The summed E-state index contributed by atoms with van der Waals surface area (Å²) in [7, 11) is 0. The first-order chi connectivity index (χ1) is 18.8. The van der Waals surface area contributed by atoms with E-state index in [-0.39, 0.29) is 12.2 Å². The first-order valence-electron chi connectivity index (χ1n) is 12.6. The molecular formula is C29H21Cl2FN6. The number of hydrogen-bond acceptors (Lipinski definition) is 5. The van der Waals surface area contributed by atoms with Crippen molar-refractivity contribution in [3.8, 4) is 6.07 Å². The van der Waals surface area contributed by atoms with Gasteiger partial charge in [-0.2, -0.15) is 5.26 Å². The van der Waals surface area contributed by atoms with Gasteiger partial charge in [0.15, 0.2) is 0 Å². The molecule has 1 fully saturated rings. The van der Waals surface area contributed by atoms with Crippen LogP contribution in [0.1, 0.15) is 48.5 Å². The fourth-order valence-corrected chi connectivity index (χ4v) is 4.96. The number of benzene rings is 3. The summed E-state index contributed by atoms with van der Waals surface area (Å²) in [5, 5.41) is 23.3. The van der Waals surface area contributed by atoms with E-state index in [9.17, 15) is 11.0 Å². The van der Waals surface area contributed by atoms with Crippen LogP contribution in [-0.2, 0) is 6.42 Å². The Morgan fingerprint density at radius 3 is 2.71 bits per heavy atom. The third-order valence-corrected chi connectivity index (χ3v) is 7.04. The summed E-state index contributed by atoms with van der Waals surface area (Å²) in [4.78, 5) is 4.43. The van der Waals surface area contributed by atoms with Crippen LogP contribution in [0.5, 0.6) is 0 Å². The average Bonchev–Trinajstić information content (AvgIpc) is 3.65. The van der Waals surface area contributed by atoms with Gasteiger partial charge >= 0.3 is 0 Å². The van der Waals surface area contributed by atoms with Crippen molar-refractivity contribution in [2.45, 2.75) is 31.2 Å². The Bertz CT molecular complexity index is 1750. The van der Waals surface area contributed by atoms with Gasteiger partial charge in [-0.15, -0.1) is 5.10 Å². The highest BCUT2D eigenvalue weighted by Gasteiger charge is 2.27. The molecule has 6 rings (SSSR count). The van der Waals surface area contributed by atoms with Crippen molar-refractivity contribution in [2.24, 2.45) is 0 Å². The number of fused-ring (bicyclic) bond motifs is 1. The Balaban J connectivity index is 1.48. The Hall–Kier alpha value is -3.99. The average molecular weight is 544 g/mol. The minimum atomic E-state index is -1.38. The highest BCUT2D eigenvalue weighted by Crippen LogP contribution is 2.38. The number of nitriles is 1. The van der Waals surface area contributed by atoms with Crippen LogP contribution in [0.3, 0.4) is 0 Å². The molecule has 0 radical (unpaired) electrons. The number of nitrogens with zero attached hydrogens (tertiary/aromatic N) is 5. The van der Waals surface area contributed by atoms with Gasteiger partial charge in [-0.05, 0) is 72.9 Å². The van der Waals surface area contributed by atoms with Crippen LogP contribution in [-0.4, -0.2) is 20.0 Å². The van der Waals surface area contributed by atoms with Gasteiger partial charge in [-0.3, -0.25) is 4.98 Å². The Morgan fingerprint density at radius 1 is 1.16 bits per heavy atom. The van der Waals surface area contributed by atoms with Crippen LogP contribution >= 0.6 is 23.2 Å². The quantitative estimate of drug-likeness (QED) is 0.228. The van der Waals surface area contributed by atoms with Gasteiger partial charge in [0, 0.05) is 35.8 Å². The summed E-state index contributed by atoms with van der Waals surface area (Å²) >= 11 is 12.9. The fourth-order valence-electron chi connectivity index (χ4n) is 4.48. The number of rotatable bonds is 7. The van der Waals surface area contributed by atoms with Gasteiger partial charge in [0.25, 0.3) is 0 Å². The second-order valence-corrected chi connectivity index (χ2v) is 10.1. The molecule has 0 aliphatic heterocycles. The van der Waals surface area contributed by atoms with Crippen molar-refractivity contribution < 1.29 is 5.76 Å². The van der Waals surface area contributed by atoms with Crippen molar-refractivity contribution in [1.29, 1.82) is 5.26 Å². The summed E-state index contributed by atoms with van der Waals surface area (Å²) in [6, 6.07) is 19.2. The van der Waals surface area contributed by atoms with Gasteiger partial charge in [-0.1, -0.05) is 46.6 Å². The molecule has 5 aromatic rings. The van der Waals surface area contributed by atoms with Crippen LogP contribution in [0.2, 0.25) is 10.0 Å². The number of pyridine rings is 1. The number of nitrogens with one attached hydrogen (secondary N) is 1. The summed E-state index contributed by atoms with van der Waals surface area (Å²) < 4.78 is 25.2. The Labute approximate surface area is 230 Å². The second kappa shape index (κ2) is 10.1. The zero-order valence-corrected chi connectivity index (χ0v) is 21.5. The zero-order valence-electron chi connectivity index (χ0n) is 21.0. The lowest BCUT2D eigenvalue weighted by atomic mass is 9.89. The standard InChI is InChI=1S/C29H21Cl2FN6/c30-20-2-1-3-22(13-20)35-28-19(14-33)15-34-29-25(28)11-17(12-26(29)31)10-24(18-4-6-21(32)7-5-18)27-16-38(37-36-27)23-8-9-23/h1-7,11-13,15-16,23-24H,8-10H2,(H,34,35)/t24-/m1/s1/i24D. The molecule has 1 aliphatic rings. The minimum Gasteiger partial charge on any atom is -0.354 e. The molecule has 2 aromatic heterocycles. The molecule has 1 N–H and O–H groups in total. The molecule has 0 bridgehead atoms. The van der Waals surface area contributed by atoms with Crippen LogP contribution in [0, 0.1) is 17.1 Å². The zero-order chi connectivity index (χ0) is 27.1. The normalized spacial score (nSPS) is 15.1. The van der Waals surface area contributed by atoms with E-state index in [1.807, 2.05) is 18.2 Å². The van der Waals surface area contributed by atoms with E-state index >= 15 is 0 Å². The summed E-state index contributed by atoms with van der Waals surface area (Å²) in [5.74, 6) is -1.76. The molecule has 1 aliphatic carbocycles. The molecule has 0 amide bonds. The first-order valence-corrected chi connectivity index (χ1v) is 12.8. The van der Waals surface area contributed by atoms with Crippen molar-refractivity contribution in [1.82, 2.24) is 20.0 Å². The number of anilines is 2. The predicted molar refractivity (Wildman–Crippen MR) is 146 cm³/mol. The van der Waals surface area contributed by atoms with Gasteiger partial charge in [0.05, 0.1) is 33.5 Å². The SMILES string of the molecule is [2H][C@@](Cc1cc(Cl)c2ncc(C#N)c(Nc3cccc(Cl)c3)c2c1)(c1ccc(F)cc1)c1cn(C2CC2)nn1. The molecule has 0 unspecified atom stereocenters. The van der Waals surface area contributed by atoms with E-state index < -0.39 is 5.89 Å². The first kappa shape index (κ1) is 23.2. The maximum atomic E-state index is 13.8. The maximum absolute atomic E-state index is 13.8. The van der Waals surface area contributed by atoms with Crippen molar-refractivity contribution >= 4 is 45.5 Å². The molecule has 1 saturated carbocycles. The van der Waals surface area contributed by atoms with Crippen LogP contribution in [0.15, 0.2) is 73.1 Å². The second-order valence-electron chi connectivity index (χ2n) is 9.25. The molecular weight excluding hydrogens is 522 g/mol. The van der Waals surface area contributed by atoms with E-state index in [0.29, 0.717) is 55.2 Å². The Morgan fingerprint density at radius 2 is 1.97 bits per heavy atom.